The van der Waals surface area contributed by atoms with Crippen molar-refractivity contribution in [2.45, 2.75) is 19.3 Å². The van der Waals surface area contributed by atoms with Gasteiger partial charge in [0.2, 0.25) is 5.91 Å². The molecule has 0 saturated heterocycles. The lowest BCUT2D eigenvalue weighted by molar-refractivity contribution is -0.116. The van der Waals surface area contributed by atoms with Gasteiger partial charge in [0.1, 0.15) is 5.82 Å². The maximum atomic E-state index is 11.2. The van der Waals surface area contributed by atoms with Gasteiger partial charge in [-0.05, 0) is 18.8 Å². The first kappa shape index (κ1) is 7.34. The maximum Gasteiger partial charge on any atom is 0.225 e. The number of aromatic nitrogens is 2. The van der Waals surface area contributed by atoms with E-state index in [0.29, 0.717) is 18.2 Å². The third-order valence-electron chi connectivity index (χ3n) is 1.95. The Morgan fingerprint density at radius 1 is 1.75 bits per heavy atom. The number of hydrogen-bond donors (Lipinski definition) is 2. The molecular weight excluding hydrogens is 154 g/mol. The van der Waals surface area contributed by atoms with Crippen LogP contribution in [-0.4, -0.2) is 16.1 Å². The summed E-state index contributed by atoms with van der Waals surface area (Å²) in [6.07, 6.45) is 4.68. The topological polar surface area (TPSA) is 57.8 Å². The molecule has 1 aliphatic rings. The number of nitrogens with one attached hydrogen (secondary N) is 2. The molecule has 12 heavy (non-hydrogen) atoms. The van der Waals surface area contributed by atoms with E-state index in [9.17, 15) is 4.79 Å². The van der Waals surface area contributed by atoms with Crippen LogP contribution in [0.3, 0.4) is 0 Å². The second-order valence-electron chi connectivity index (χ2n) is 3.17. The summed E-state index contributed by atoms with van der Waals surface area (Å²) in [6, 6.07) is 1.74. The lowest BCUT2D eigenvalue weighted by Crippen LogP contribution is -2.12. The Balaban J connectivity index is 1.82. The summed E-state index contributed by atoms with van der Waals surface area (Å²) in [6.45, 7) is 0. The average molecular weight is 165 g/mol. The molecule has 2 rings (SSSR count). The van der Waals surface area contributed by atoms with Crippen molar-refractivity contribution in [1.29, 1.82) is 0 Å². The average Bonchev–Trinajstić information content (AvgIpc) is 2.66. The molecule has 0 aliphatic heterocycles. The van der Waals surface area contributed by atoms with Crippen molar-refractivity contribution in [3.05, 3.63) is 12.3 Å². The molecule has 0 atom stereocenters. The van der Waals surface area contributed by atoms with Crippen LogP contribution in [-0.2, 0) is 4.79 Å². The van der Waals surface area contributed by atoms with Gasteiger partial charge in [0.25, 0.3) is 0 Å². The normalized spacial score (nSPS) is 16.0. The predicted octanol–water partition coefficient (Wildman–Crippen LogP) is 1.15. The maximum absolute atomic E-state index is 11.2. The van der Waals surface area contributed by atoms with Gasteiger partial charge in [-0.2, -0.15) is 5.10 Å². The summed E-state index contributed by atoms with van der Waals surface area (Å²) in [7, 11) is 0. The summed E-state index contributed by atoms with van der Waals surface area (Å²) in [5, 5.41) is 9.15. The first-order valence-corrected chi connectivity index (χ1v) is 4.14. The first-order valence-electron chi connectivity index (χ1n) is 4.14. The second-order valence-corrected chi connectivity index (χ2v) is 3.17. The SMILES string of the molecule is O=C(CC1CC1)Nc1ccn[nH]1. The second kappa shape index (κ2) is 2.97. The molecule has 0 aromatic carbocycles. The predicted molar refractivity (Wildman–Crippen MR) is 44.6 cm³/mol. The number of rotatable bonds is 3. The molecule has 0 spiro atoms. The van der Waals surface area contributed by atoms with Gasteiger partial charge in [0, 0.05) is 12.5 Å². The smallest absolute Gasteiger partial charge is 0.225 e. The van der Waals surface area contributed by atoms with Crippen LogP contribution in [0, 0.1) is 5.92 Å². The highest BCUT2D eigenvalue weighted by atomic mass is 16.1. The fraction of sp³-hybridized carbons (Fsp3) is 0.500. The molecule has 1 aromatic heterocycles. The molecule has 1 aliphatic carbocycles. The lowest BCUT2D eigenvalue weighted by atomic mass is 10.3. The fourth-order valence-electron chi connectivity index (χ4n) is 1.11. The van der Waals surface area contributed by atoms with Crippen molar-refractivity contribution < 1.29 is 4.79 Å². The number of amides is 1. The van der Waals surface area contributed by atoms with Crippen LogP contribution in [0.5, 0.6) is 0 Å². The van der Waals surface area contributed by atoms with Crippen LogP contribution in [0.2, 0.25) is 0 Å². The van der Waals surface area contributed by atoms with E-state index in [1.54, 1.807) is 12.3 Å². The minimum absolute atomic E-state index is 0.0850. The Hall–Kier alpha value is -1.32. The van der Waals surface area contributed by atoms with Gasteiger partial charge >= 0.3 is 0 Å². The largest absolute Gasteiger partial charge is 0.311 e. The molecule has 1 saturated carbocycles. The summed E-state index contributed by atoms with van der Waals surface area (Å²) < 4.78 is 0. The van der Waals surface area contributed by atoms with Crippen LogP contribution in [0.1, 0.15) is 19.3 Å². The molecule has 1 amide bonds. The number of carbonyl (C=O) groups excluding carboxylic acids is 1. The van der Waals surface area contributed by atoms with E-state index in [0.717, 1.165) is 0 Å². The standard InChI is InChI=1S/C8H11N3O/c12-8(5-6-1-2-6)10-7-3-4-9-11-7/h3-4,6H,1-2,5H2,(H2,9,10,11,12). The van der Waals surface area contributed by atoms with Crippen LogP contribution in [0.15, 0.2) is 12.3 Å². The first-order chi connectivity index (χ1) is 5.84. The number of nitrogens with zero attached hydrogens (tertiary/aromatic N) is 1. The van der Waals surface area contributed by atoms with Crippen molar-refractivity contribution in [3.63, 3.8) is 0 Å². The number of carbonyl (C=O) groups is 1. The Bertz CT molecular complexity index is 264. The Labute approximate surface area is 70.4 Å². The summed E-state index contributed by atoms with van der Waals surface area (Å²) in [4.78, 5) is 11.2. The van der Waals surface area contributed by atoms with Crippen molar-refractivity contribution in [3.8, 4) is 0 Å². The van der Waals surface area contributed by atoms with Crippen molar-refractivity contribution in [2.75, 3.05) is 5.32 Å². The highest BCUT2D eigenvalue weighted by Gasteiger charge is 2.24. The minimum atomic E-state index is 0.0850. The van der Waals surface area contributed by atoms with Crippen LogP contribution in [0.25, 0.3) is 0 Å². The van der Waals surface area contributed by atoms with Gasteiger partial charge in [0.05, 0.1) is 6.20 Å². The summed E-state index contributed by atoms with van der Waals surface area (Å²) >= 11 is 0. The molecule has 0 unspecified atom stereocenters. The molecule has 0 bridgehead atoms. The number of hydrogen-bond acceptors (Lipinski definition) is 2. The van der Waals surface area contributed by atoms with E-state index in [2.05, 4.69) is 15.5 Å². The molecular formula is C8H11N3O. The van der Waals surface area contributed by atoms with E-state index in [-0.39, 0.29) is 5.91 Å². The van der Waals surface area contributed by atoms with Crippen molar-refractivity contribution in [2.24, 2.45) is 5.92 Å². The van der Waals surface area contributed by atoms with E-state index in [1.807, 2.05) is 0 Å². The highest BCUT2D eigenvalue weighted by Crippen LogP contribution is 2.32. The summed E-state index contributed by atoms with van der Waals surface area (Å²) in [5.74, 6) is 1.40. The van der Waals surface area contributed by atoms with E-state index >= 15 is 0 Å². The molecule has 4 nitrogen and oxygen atoms in total. The molecule has 1 aromatic rings. The van der Waals surface area contributed by atoms with E-state index < -0.39 is 0 Å². The highest BCUT2D eigenvalue weighted by molar-refractivity contribution is 5.89. The van der Waals surface area contributed by atoms with Gasteiger partial charge < -0.3 is 5.32 Å². The zero-order valence-corrected chi connectivity index (χ0v) is 6.71. The van der Waals surface area contributed by atoms with E-state index in [1.165, 1.54) is 12.8 Å². The third-order valence-corrected chi connectivity index (χ3v) is 1.95. The third kappa shape index (κ3) is 1.84. The van der Waals surface area contributed by atoms with Gasteiger partial charge in [-0.1, -0.05) is 0 Å². The Morgan fingerprint density at radius 2 is 2.58 bits per heavy atom. The zero-order chi connectivity index (χ0) is 8.39. The van der Waals surface area contributed by atoms with Crippen LogP contribution in [0.4, 0.5) is 5.82 Å². The minimum Gasteiger partial charge on any atom is -0.311 e. The van der Waals surface area contributed by atoms with Gasteiger partial charge in [-0.15, -0.1) is 0 Å². The van der Waals surface area contributed by atoms with E-state index in [4.69, 9.17) is 0 Å². The van der Waals surface area contributed by atoms with Gasteiger partial charge in [-0.25, -0.2) is 0 Å². The molecule has 64 valence electrons. The van der Waals surface area contributed by atoms with Gasteiger partial charge in [0.15, 0.2) is 0 Å². The number of H-pyrrole nitrogens is 1. The fourth-order valence-corrected chi connectivity index (χ4v) is 1.11. The van der Waals surface area contributed by atoms with Crippen LogP contribution >= 0.6 is 0 Å². The number of aromatic amines is 1. The monoisotopic (exact) mass is 165 g/mol. The molecule has 2 N–H and O–H groups in total. The van der Waals surface area contributed by atoms with Crippen molar-refractivity contribution >= 4 is 11.7 Å². The van der Waals surface area contributed by atoms with Crippen LogP contribution < -0.4 is 5.32 Å². The molecule has 4 heteroatoms. The number of anilines is 1. The Kier molecular flexibility index (Phi) is 1.81. The lowest BCUT2D eigenvalue weighted by Gasteiger charge is -1.99. The summed E-state index contributed by atoms with van der Waals surface area (Å²) in [5.41, 5.74) is 0. The molecule has 1 heterocycles. The zero-order valence-electron chi connectivity index (χ0n) is 6.71. The Morgan fingerprint density at radius 3 is 3.17 bits per heavy atom. The molecule has 0 radical (unpaired) electrons. The van der Waals surface area contributed by atoms with Crippen molar-refractivity contribution in [1.82, 2.24) is 10.2 Å². The quantitative estimate of drug-likeness (QED) is 0.705. The molecule has 1 fully saturated rings. The van der Waals surface area contributed by atoms with Gasteiger partial charge in [-0.3, -0.25) is 9.89 Å².